The van der Waals surface area contributed by atoms with Gasteiger partial charge in [-0.3, -0.25) is 0 Å². The molecule has 0 spiro atoms. The molecule has 1 rings (SSSR count). The van der Waals surface area contributed by atoms with Crippen LogP contribution in [0.3, 0.4) is 0 Å². The summed E-state index contributed by atoms with van der Waals surface area (Å²) in [6, 6.07) is 4.86. The Bertz CT molecular complexity index is 248. The van der Waals surface area contributed by atoms with Crippen LogP contribution in [0.15, 0.2) is 18.2 Å². The molecule has 11 heavy (non-hydrogen) atoms. The monoisotopic (exact) mass is 172 g/mol. The Labute approximate surface area is 70.4 Å². The highest BCUT2D eigenvalue weighted by atomic mass is 35.5. The number of phenolic OH excluding ortho intramolecular Hbond substituents is 1. The quantitative estimate of drug-likeness (QED) is 0.693. The maximum absolute atomic E-state index is 9.04. The van der Waals surface area contributed by atoms with E-state index in [-0.39, 0.29) is 5.75 Å². The van der Waals surface area contributed by atoms with Crippen LogP contribution in [0.25, 0.3) is 0 Å². The highest BCUT2D eigenvalue weighted by Gasteiger charge is 2.01. The third-order valence-electron chi connectivity index (χ3n) is 1.41. The summed E-state index contributed by atoms with van der Waals surface area (Å²) < 4.78 is 4.97. The molecule has 0 fully saturated rings. The number of rotatable bonds is 2. The number of ether oxygens (including phenoxy) is 1. The Hall–Kier alpha value is -0.890. The van der Waals surface area contributed by atoms with Crippen LogP contribution in [-0.4, -0.2) is 12.2 Å². The number of aromatic hydroxyl groups is 1. The standard InChI is InChI=1S/C8H9ClO2/c1-11-8-4-7(10)3-2-6(8)5-9/h2-4,10H,5H2,1H3. The molecule has 0 heterocycles. The zero-order valence-electron chi connectivity index (χ0n) is 6.17. The molecule has 0 bridgehead atoms. The van der Waals surface area contributed by atoms with Crippen molar-refractivity contribution in [3.05, 3.63) is 23.8 Å². The van der Waals surface area contributed by atoms with Crippen LogP contribution in [0.5, 0.6) is 11.5 Å². The van der Waals surface area contributed by atoms with E-state index in [4.69, 9.17) is 21.4 Å². The Morgan fingerprint density at radius 2 is 2.27 bits per heavy atom. The predicted octanol–water partition coefficient (Wildman–Crippen LogP) is 2.14. The van der Waals surface area contributed by atoms with E-state index in [0.717, 1.165) is 5.56 Å². The van der Waals surface area contributed by atoms with E-state index in [1.165, 1.54) is 6.07 Å². The minimum absolute atomic E-state index is 0.190. The maximum atomic E-state index is 9.04. The van der Waals surface area contributed by atoms with Crippen LogP contribution in [0.4, 0.5) is 0 Å². The highest BCUT2D eigenvalue weighted by Crippen LogP contribution is 2.24. The first-order valence-electron chi connectivity index (χ1n) is 3.19. The molecule has 1 aromatic rings. The van der Waals surface area contributed by atoms with Gasteiger partial charge in [0.2, 0.25) is 0 Å². The third kappa shape index (κ3) is 1.77. The molecule has 0 aliphatic carbocycles. The van der Waals surface area contributed by atoms with Gasteiger partial charge in [0, 0.05) is 11.6 Å². The molecule has 0 aromatic heterocycles. The van der Waals surface area contributed by atoms with Gasteiger partial charge in [-0.05, 0) is 6.07 Å². The summed E-state index contributed by atoms with van der Waals surface area (Å²) in [5, 5.41) is 9.04. The van der Waals surface area contributed by atoms with Crippen LogP contribution in [0.1, 0.15) is 5.56 Å². The maximum Gasteiger partial charge on any atom is 0.126 e. The van der Waals surface area contributed by atoms with Crippen molar-refractivity contribution in [1.82, 2.24) is 0 Å². The van der Waals surface area contributed by atoms with E-state index in [1.807, 2.05) is 0 Å². The fraction of sp³-hybridized carbons (Fsp3) is 0.250. The van der Waals surface area contributed by atoms with Gasteiger partial charge in [-0.2, -0.15) is 0 Å². The Kier molecular flexibility index (Phi) is 2.60. The van der Waals surface area contributed by atoms with Gasteiger partial charge in [-0.1, -0.05) is 6.07 Å². The minimum atomic E-state index is 0.190. The van der Waals surface area contributed by atoms with Crippen LogP contribution < -0.4 is 4.74 Å². The number of hydrogen-bond donors (Lipinski definition) is 1. The Morgan fingerprint density at radius 1 is 1.55 bits per heavy atom. The molecule has 0 aliphatic rings. The largest absolute Gasteiger partial charge is 0.508 e. The fourth-order valence-electron chi connectivity index (χ4n) is 0.844. The topological polar surface area (TPSA) is 29.5 Å². The number of phenols is 1. The van der Waals surface area contributed by atoms with Gasteiger partial charge in [0.05, 0.1) is 13.0 Å². The summed E-state index contributed by atoms with van der Waals surface area (Å²) >= 11 is 5.60. The lowest BCUT2D eigenvalue weighted by molar-refractivity contribution is 0.404. The minimum Gasteiger partial charge on any atom is -0.508 e. The summed E-state index contributed by atoms with van der Waals surface area (Å²) in [6.45, 7) is 0. The smallest absolute Gasteiger partial charge is 0.126 e. The molecule has 0 unspecified atom stereocenters. The molecule has 0 saturated carbocycles. The zero-order valence-corrected chi connectivity index (χ0v) is 6.93. The normalized spacial score (nSPS) is 9.64. The number of halogens is 1. The Balaban J connectivity index is 3.06. The van der Waals surface area contributed by atoms with Gasteiger partial charge in [-0.15, -0.1) is 11.6 Å². The lowest BCUT2D eigenvalue weighted by Gasteiger charge is -2.04. The third-order valence-corrected chi connectivity index (χ3v) is 1.70. The molecule has 0 saturated heterocycles. The van der Waals surface area contributed by atoms with Crippen LogP contribution in [-0.2, 0) is 5.88 Å². The van der Waals surface area contributed by atoms with Crippen molar-refractivity contribution in [2.45, 2.75) is 5.88 Å². The van der Waals surface area contributed by atoms with E-state index < -0.39 is 0 Å². The number of hydrogen-bond acceptors (Lipinski definition) is 2. The summed E-state index contributed by atoms with van der Waals surface area (Å²) in [7, 11) is 1.55. The second-order valence-corrected chi connectivity index (χ2v) is 2.40. The van der Waals surface area contributed by atoms with Gasteiger partial charge in [0.15, 0.2) is 0 Å². The fourth-order valence-corrected chi connectivity index (χ4v) is 1.06. The number of alkyl halides is 1. The van der Waals surface area contributed by atoms with Gasteiger partial charge >= 0.3 is 0 Å². The van der Waals surface area contributed by atoms with Gasteiger partial charge in [-0.25, -0.2) is 0 Å². The van der Waals surface area contributed by atoms with Gasteiger partial charge < -0.3 is 9.84 Å². The van der Waals surface area contributed by atoms with Crippen molar-refractivity contribution in [3.8, 4) is 11.5 Å². The molecular formula is C8H9ClO2. The van der Waals surface area contributed by atoms with Crippen LogP contribution in [0, 0.1) is 0 Å². The molecular weight excluding hydrogens is 164 g/mol. The van der Waals surface area contributed by atoms with E-state index >= 15 is 0 Å². The first kappa shape index (κ1) is 8.21. The Morgan fingerprint density at radius 3 is 2.82 bits per heavy atom. The van der Waals surface area contributed by atoms with Crippen molar-refractivity contribution in [1.29, 1.82) is 0 Å². The van der Waals surface area contributed by atoms with E-state index in [2.05, 4.69) is 0 Å². The van der Waals surface area contributed by atoms with Crippen LogP contribution >= 0.6 is 11.6 Å². The molecule has 60 valence electrons. The second kappa shape index (κ2) is 3.49. The molecule has 0 atom stereocenters. The van der Waals surface area contributed by atoms with Crippen LogP contribution in [0.2, 0.25) is 0 Å². The molecule has 1 aromatic carbocycles. The highest BCUT2D eigenvalue weighted by molar-refractivity contribution is 6.17. The van der Waals surface area contributed by atoms with Gasteiger partial charge in [0.1, 0.15) is 11.5 Å². The van der Waals surface area contributed by atoms with Gasteiger partial charge in [0.25, 0.3) is 0 Å². The molecule has 2 nitrogen and oxygen atoms in total. The molecule has 0 radical (unpaired) electrons. The average Bonchev–Trinajstić information content (AvgIpc) is 2.04. The number of benzene rings is 1. The van der Waals surface area contributed by atoms with E-state index in [0.29, 0.717) is 11.6 Å². The average molecular weight is 173 g/mol. The summed E-state index contributed by atoms with van der Waals surface area (Å²) in [6.07, 6.45) is 0. The second-order valence-electron chi connectivity index (χ2n) is 2.13. The number of methoxy groups -OCH3 is 1. The zero-order chi connectivity index (χ0) is 8.27. The van der Waals surface area contributed by atoms with Crippen molar-refractivity contribution >= 4 is 11.6 Å². The summed E-state index contributed by atoms with van der Waals surface area (Å²) in [5.74, 6) is 1.21. The van der Waals surface area contributed by atoms with Crippen molar-refractivity contribution in [2.24, 2.45) is 0 Å². The SMILES string of the molecule is COc1cc(O)ccc1CCl. The van der Waals surface area contributed by atoms with E-state index in [9.17, 15) is 0 Å². The van der Waals surface area contributed by atoms with E-state index in [1.54, 1.807) is 19.2 Å². The first-order chi connectivity index (χ1) is 5.27. The lowest BCUT2D eigenvalue weighted by Crippen LogP contribution is -1.88. The summed E-state index contributed by atoms with van der Waals surface area (Å²) in [4.78, 5) is 0. The van der Waals surface area contributed by atoms with Crippen molar-refractivity contribution < 1.29 is 9.84 Å². The van der Waals surface area contributed by atoms with Crippen molar-refractivity contribution in [3.63, 3.8) is 0 Å². The van der Waals surface area contributed by atoms with Crippen molar-refractivity contribution in [2.75, 3.05) is 7.11 Å². The molecule has 1 N–H and O–H groups in total. The predicted molar refractivity (Wildman–Crippen MR) is 44.2 cm³/mol. The summed E-state index contributed by atoms with van der Waals surface area (Å²) in [5.41, 5.74) is 0.881. The molecule has 0 amide bonds. The lowest BCUT2D eigenvalue weighted by atomic mass is 10.2. The molecule has 0 aliphatic heterocycles. The molecule has 3 heteroatoms. The first-order valence-corrected chi connectivity index (χ1v) is 3.73.